The van der Waals surface area contributed by atoms with E-state index in [0.29, 0.717) is 5.69 Å². The number of nitrogens with zero attached hydrogens (tertiary/aromatic N) is 2. The van der Waals surface area contributed by atoms with Crippen LogP contribution < -0.4 is 15.8 Å². The molecule has 2 heterocycles. The van der Waals surface area contributed by atoms with E-state index in [9.17, 15) is 9.59 Å². The second kappa shape index (κ2) is 8.06. The molecule has 1 unspecified atom stereocenters. The van der Waals surface area contributed by atoms with Crippen LogP contribution in [0.3, 0.4) is 0 Å². The maximum Gasteiger partial charge on any atom is 0.288 e. The fourth-order valence-electron chi connectivity index (χ4n) is 2.95. The van der Waals surface area contributed by atoms with Gasteiger partial charge in [0.2, 0.25) is 5.84 Å². The quantitative estimate of drug-likeness (QED) is 0.704. The van der Waals surface area contributed by atoms with Crippen molar-refractivity contribution in [2.24, 2.45) is 4.99 Å². The molecule has 0 bridgehead atoms. The van der Waals surface area contributed by atoms with Gasteiger partial charge in [-0.2, -0.15) is 0 Å². The van der Waals surface area contributed by atoms with Crippen LogP contribution in [0.2, 0.25) is 0 Å². The SMILES string of the molecule is O=C(NC(c1ccccc1)c1cccs1)C1=NCC(=O)N(c2ccccc2)N1. The molecule has 2 aromatic carbocycles. The third kappa shape index (κ3) is 3.79. The number of hydrogen-bond donors (Lipinski definition) is 2. The van der Waals surface area contributed by atoms with Gasteiger partial charge in [-0.05, 0) is 29.1 Å². The Kier molecular flexibility index (Phi) is 5.16. The summed E-state index contributed by atoms with van der Waals surface area (Å²) in [6, 6.07) is 22.5. The molecule has 1 aromatic heterocycles. The molecule has 3 aromatic rings. The van der Waals surface area contributed by atoms with Crippen LogP contribution in [0.1, 0.15) is 16.5 Å². The van der Waals surface area contributed by atoms with Gasteiger partial charge in [0.1, 0.15) is 6.54 Å². The van der Waals surface area contributed by atoms with E-state index in [1.165, 1.54) is 5.01 Å². The summed E-state index contributed by atoms with van der Waals surface area (Å²) in [4.78, 5) is 30.3. The van der Waals surface area contributed by atoms with E-state index < -0.39 is 0 Å². The van der Waals surface area contributed by atoms with Gasteiger partial charge in [0, 0.05) is 4.88 Å². The minimum atomic E-state index is -0.365. The molecule has 0 radical (unpaired) electrons. The summed E-state index contributed by atoms with van der Waals surface area (Å²) in [6.07, 6.45) is 0. The van der Waals surface area contributed by atoms with E-state index in [4.69, 9.17) is 0 Å². The summed E-state index contributed by atoms with van der Waals surface area (Å²) in [5, 5.41) is 6.36. The third-order valence-electron chi connectivity index (χ3n) is 4.31. The first-order valence-corrected chi connectivity index (χ1v) is 9.68. The lowest BCUT2D eigenvalue weighted by atomic mass is 10.1. The van der Waals surface area contributed by atoms with Crippen LogP contribution in [-0.4, -0.2) is 24.2 Å². The zero-order valence-corrected chi connectivity index (χ0v) is 15.7. The Hall–Kier alpha value is -3.45. The Morgan fingerprint density at radius 3 is 2.43 bits per heavy atom. The Morgan fingerprint density at radius 1 is 1.04 bits per heavy atom. The molecule has 0 spiro atoms. The number of carbonyl (C=O) groups excluding carboxylic acids is 2. The average Bonchev–Trinajstić information content (AvgIpc) is 3.28. The highest BCUT2D eigenvalue weighted by Gasteiger charge is 2.27. The molecule has 28 heavy (non-hydrogen) atoms. The van der Waals surface area contributed by atoms with Crippen LogP contribution >= 0.6 is 11.3 Å². The second-order valence-electron chi connectivity index (χ2n) is 6.17. The highest BCUT2D eigenvalue weighted by molar-refractivity contribution is 7.10. The Balaban J connectivity index is 1.55. The van der Waals surface area contributed by atoms with Crippen molar-refractivity contribution in [3.05, 3.63) is 88.6 Å². The molecule has 0 fully saturated rings. The summed E-state index contributed by atoms with van der Waals surface area (Å²) >= 11 is 1.57. The van der Waals surface area contributed by atoms with E-state index in [0.717, 1.165) is 10.4 Å². The van der Waals surface area contributed by atoms with Gasteiger partial charge in [-0.25, -0.2) is 5.01 Å². The van der Waals surface area contributed by atoms with Crippen LogP contribution in [0.15, 0.2) is 83.2 Å². The molecule has 4 rings (SSSR count). The first kappa shape index (κ1) is 17.9. The lowest BCUT2D eigenvalue weighted by molar-refractivity contribution is -0.118. The first-order chi connectivity index (χ1) is 13.7. The summed E-state index contributed by atoms with van der Waals surface area (Å²) in [7, 11) is 0. The highest BCUT2D eigenvalue weighted by Crippen LogP contribution is 2.26. The van der Waals surface area contributed by atoms with E-state index in [1.807, 2.05) is 66.0 Å². The number of aliphatic imine (C=N–C) groups is 1. The molecule has 1 atom stereocenters. The van der Waals surface area contributed by atoms with Gasteiger partial charge >= 0.3 is 0 Å². The molecular formula is C21H18N4O2S. The zero-order valence-electron chi connectivity index (χ0n) is 14.9. The lowest BCUT2D eigenvalue weighted by Gasteiger charge is -2.28. The number of hydrogen-bond acceptors (Lipinski definition) is 5. The average molecular weight is 390 g/mol. The highest BCUT2D eigenvalue weighted by atomic mass is 32.1. The number of amidine groups is 1. The standard InChI is InChI=1S/C21H18N4O2S/c26-18-14-22-20(24-25(18)16-10-5-2-6-11-16)21(27)23-19(17-12-7-13-28-17)15-8-3-1-4-9-15/h1-13,19H,14H2,(H,22,24)(H,23,27). The molecule has 1 aliphatic rings. The van der Waals surface area contributed by atoms with Crippen molar-refractivity contribution in [1.82, 2.24) is 10.7 Å². The van der Waals surface area contributed by atoms with Crippen molar-refractivity contribution in [2.45, 2.75) is 6.04 Å². The third-order valence-corrected chi connectivity index (χ3v) is 5.24. The van der Waals surface area contributed by atoms with Crippen molar-refractivity contribution < 1.29 is 9.59 Å². The minimum Gasteiger partial charge on any atom is -0.338 e. The van der Waals surface area contributed by atoms with E-state index in [-0.39, 0.29) is 30.2 Å². The van der Waals surface area contributed by atoms with Crippen molar-refractivity contribution in [1.29, 1.82) is 0 Å². The molecule has 0 saturated heterocycles. The normalized spacial score (nSPS) is 14.8. The second-order valence-corrected chi connectivity index (χ2v) is 7.15. The molecule has 0 aliphatic carbocycles. The number of nitrogens with one attached hydrogen (secondary N) is 2. The predicted octanol–water partition coefficient (Wildman–Crippen LogP) is 2.90. The number of thiophene rings is 1. The molecule has 2 amide bonds. The van der Waals surface area contributed by atoms with Gasteiger partial charge in [-0.1, -0.05) is 54.6 Å². The molecule has 0 saturated carbocycles. The molecule has 1 aliphatic heterocycles. The van der Waals surface area contributed by atoms with Gasteiger partial charge in [-0.15, -0.1) is 11.3 Å². The van der Waals surface area contributed by atoms with Crippen molar-refractivity contribution >= 4 is 34.7 Å². The van der Waals surface area contributed by atoms with Gasteiger partial charge in [0.05, 0.1) is 11.7 Å². The molecule has 2 N–H and O–H groups in total. The largest absolute Gasteiger partial charge is 0.338 e. The predicted molar refractivity (Wildman–Crippen MR) is 110 cm³/mol. The summed E-state index contributed by atoms with van der Waals surface area (Å²) in [5.74, 6) is -0.475. The van der Waals surface area contributed by atoms with Crippen LogP contribution in [0.4, 0.5) is 5.69 Å². The van der Waals surface area contributed by atoms with Gasteiger partial charge in [-0.3, -0.25) is 20.0 Å². The minimum absolute atomic E-state index is 0.0837. The van der Waals surface area contributed by atoms with Crippen molar-refractivity contribution in [3.8, 4) is 0 Å². The molecule has 7 heteroatoms. The van der Waals surface area contributed by atoms with E-state index >= 15 is 0 Å². The Morgan fingerprint density at radius 2 is 1.75 bits per heavy atom. The topological polar surface area (TPSA) is 73.8 Å². The van der Waals surface area contributed by atoms with Crippen LogP contribution in [0.5, 0.6) is 0 Å². The smallest absolute Gasteiger partial charge is 0.288 e. The van der Waals surface area contributed by atoms with Crippen LogP contribution in [0.25, 0.3) is 0 Å². The fraction of sp³-hybridized carbons (Fsp3) is 0.0952. The molecular weight excluding hydrogens is 372 g/mol. The number of carbonyl (C=O) groups is 2. The van der Waals surface area contributed by atoms with Gasteiger partial charge < -0.3 is 5.32 Å². The van der Waals surface area contributed by atoms with Crippen LogP contribution in [-0.2, 0) is 9.59 Å². The van der Waals surface area contributed by atoms with Crippen molar-refractivity contribution in [2.75, 3.05) is 11.6 Å². The zero-order chi connectivity index (χ0) is 19.3. The van der Waals surface area contributed by atoms with E-state index in [1.54, 1.807) is 23.5 Å². The summed E-state index contributed by atoms with van der Waals surface area (Å²) in [5.41, 5.74) is 4.48. The summed E-state index contributed by atoms with van der Waals surface area (Å²) < 4.78 is 0. The molecule has 140 valence electrons. The number of benzene rings is 2. The monoisotopic (exact) mass is 390 g/mol. The summed E-state index contributed by atoms with van der Waals surface area (Å²) in [6.45, 7) is -0.0837. The van der Waals surface area contributed by atoms with Crippen molar-refractivity contribution in [3.63, 3.8) is 0 Å². The van der Waals surface area contributed by atoms with Gasteiger partial charge in [0.25, 0.3) is 11.8 Å². The van der Waals surface area contributed by atoms with Crippen LogP contribution in [0, 0.1) is 0 Å². The fourth-order valence-corrected chi connectivity index (χ4v) is 3.75. The number of rotatable bonds is 5. The maximum absolute atomic E-state index is 12.9. The maximum atomic E-state index is 12.9. The Bertz CT molecular complexity index is 988. The Labute approximate surface area is 166 Å². The first-order valence-electron chi connectivity index (χ1n) is 8.81. The lowest BCUT2D eigenvalue weighted by Crippen LogP contribution is -2.56. The van der Waals surface area contributed by atoms with Gasteiger partial charge in [0.15, 0.2) is 0 Å². The number of amides is 2. The molecule has 6 nitrogen and oxygen atoms in total. The number of anilines is 1. The number of hydrazine groups is 1. The number of para-hydroxylation sites is 1. The van der Waals surface area contributed by atoms with E-state index in [2.05, 4.69) is 15.7 Å².